The first-order chi connectivity index (χ1) is 23.6. The van der Waals surface area contributed by atoms with E-state index in [2.05, 4.69) is 31.6 Å². The number of rotatable bonds is 9. The summed E-state index contributed by atoms with van der Waals surface area (Å²) in [7, 11) is 0. The number of esters is 4. The van der Waals surface area contributed by atoms with Gasteiger partial charge in [-0.2, -0.15) is 18.4 Å². The lowest BCUT2D eigenvalue weighted by molar-refractivity contribution is -0.221. The van der Waals surface area contributed by atoms with Crippen LogP contribution in [-0.4, -0.2) is 54.5 Å². The Bertz CT molecular complexity index is 1320. The number of ether oxygens (including phenoxy) is 4. The van der Waals surface area contributed by atoms with Crippen LogP contribution >= 0.6 is 0 Å². The zero-order valence-corrected chi connectivity index (χ0v) is 33.8. The van der Waals surface area contributed by atoms with Crippen molar-refractivity contribution in [2.75, 3.05) is 0 Å². The molecule has 0 aromatic carbocycles. The highest BCUT2D eigenvalue weighted by atomic mass is 19.4. The Morgan fingerprint density at radius 2 is 1.29 bits per heavy atom. The minimum Gasteiger partial charge on any atom is -0.462 e. The van der Waals surface area contributed by atoms with Crippen molar-refractivity contribution in [2.24, 2.45) is 44.8 Å². The second-order valence-corrected chi connectivity index (χ2v) is 18.2. The van der Waals surface area contributed by atoms with Crippen molar-refractivity contribution >= 4 is 23.9 Å². The highest BCUT2D eigenvalue weighted by Gasteiger charge is 2.72. The standard InChI is InChI=1S/C16H30O2.C15H19NO4.C9H15F3O2/c1-7-16(5,6)14(17)18-13-10-8-12(9-11-13)15(2,3)4;1-4-14(2,3)12(17)19-10-8-5-9-11(10)20-13(18)15(9,6-8)7-16;1-5-8(3,4)7(13)14-6(2)9(10,11)12/h12-13H,7-11H2,1-6H3;8-11H,4-6H2,1-3H3;6H,5H2,1-4H3. The maximum atomic E-state index is 12.2. The molecule has 0 aromatic rings. The Balaban J connectivity index is 0.000000275. The average Bonchev–Trinajstić information content (AvgIpc) is 3.66. The van der Waals surface area contributed by atoms with Gasteiger partial charge in [0.05, 0.1) is 22.3 Å². The highest BCUT2D eigenvalue weighted by molar-refractivity contribution is 5.85. The van der Waals surface area contributed by atoms with Crippen molar-refractivity contribution in [3.05, 3.63) is 0 Å². The summed E-state index contributed by atoms with van der Waals surface area (Å²) in [5, 5.41) is 9.31. The van der Waals surface area contributed by atoms with Gasteiger partial charge in [0.25, 0.3) is 0 Å². The number of carbonyl (C=O) groups is 4. The first-order valence-electron chi connectivity index (χ1n) is 19.0. The number of nitriles is 1. The molecule has 4 aliphatic rings. The quantitative estimate of drug-likeness (QED) is 0.168. The lowest BCUT2D eigenvalue weighted by Gasteiger charge is -2.37. The summed E-state index contributed by atoms with van der Waals surface area (Å²) in [4.78, 5) is 47.4. The van der Waals surface area contributed by atoms with E-state index >= 15 is 0 Å². The number of hydrogen-bond donors (Lipinski definition) is 0. The van der Waals surface area contributed by atoms with Gasteiger partial charge in [-0.25, -0.2) is 0 Å². The van der Waals surface area contributed by atoms with Crippen LogP contribution in [0.15, 0.2) is 0 Å². The third-order valence-corrected chi connectivity index (χ3v) is 12.2. The van der Waals surface area contributed by atoms with Gasteiger partial charge in [0.2, 0.25) is 0 Å². The molecular formula is C40H64F3NO8. The van der Waals surface area contributed by atoms with Crippen LogP contribution in [0.5, 0.6) is 0 Å². The fourth-order valence-corrected chi connectivity index (χ4v) is 6.75. The van der Waals surface area contributed by atoms with E-state index < -0.39 is 46.6 Å². The summed E-state index contributed by atoms with van der Waals surface area (Å²) < 4.78 is 57.0. The Labute approximate surface area is 309 Å². The summed E-state index contributed by atoms with van der Waals surface area (Å²) in [6.07, 6.45) is 0.468. The molecule has 12 heteroatoms. The molecule has 0 aromatic heterocycles. The molecule has 6 unspecified atom stereocenters. The maximum absolute atomic E-state index is 12.2. The van der Waals surface area contributed by atoms with Crippen molar-refractivity contribution in [1.29, 1.82) is 5.26 Å². The predicted molar refractivity (Wildman–Crippen MR) is 189 cm³/mol. The Kier molecular flexibility index (Phi) is 14.5. The molecule has 0 amide bonds. The summed E-state index contributed by atoms with van der Waals surface area (Å²) in [6, 6.07) is 2.15. The van der Waals surface area contributed by atoms with Crippen LogP contribution in [-0.2, 0) is 38.1 Å². The Morgan fingerprint density at radius 3 is 1.71 bits per heavy atom. The van der Waals surface area contributed by atoms with Crippen LogP contribution in [0.25, 0.3) is 0 Å². The zero-order chi connectivity index (χ0) is 40.3. The SMILES string of the molecule is CCC(C)(C)C(=O)OC(C)C(F)(F)F.CCC(C)(C)C(=O)OC1C2CC3C1OC(=O)C3(C#N)C2.CCC(C)(C)C(=O)OC1CCC(C(C)(C)C)CC1. The molecule has 298 valence electrons. The number of carbonyl (C=O) groups excluding carboxylic acids is 4. The normalized spacial score (nSPS) is 28.9. The summed E-state index contributed by atoms with van der Waals surface area (Å²) >= 11 is 0. The van der Waals surface area contributed by atoms with Gasteiger partial charge in [-0.3, -0.25) is 19.2 Å². The van der Waals surface area contributed by atoms with Crippen LogP contribution in [0.2, 0.25) is 0 Å². The van der Waals surface area contributed by atoms with Crippen molar-refractivity contribution < 1.29 is 51.3 Å². The molecule has 1 heterocycles. The van der Waals surface area contributed by atoms with Gasteiger partial charge in [0, 0.05) is 11.8 Å². The van der Waals surface area contributed by atoms with E-state index in [0.29, 0.717) is 24.7 Å². The first kappa shape index (κ1) is 45.3. The summed E-state index contributed by atoms with van der Waals surface area (Å²) in [5.41, 5.74) is -2.31. The van der Waals surface area contributed by atoms with E-state index in [9.17, 15) is 37.6 Å². The number of nitrogens with zero attached hydrogens (tertiary/aromatic N) is 1. The largest absolute Gasteiger partial charge is 0.462 e. The van der Waals surface area contributed by atoms with E-state index in [1.165, 1.54) is 12.8 Å². The smallest absolute Gasteiger partial charge is 0.425 e. The molecule has 52 heavy (non-hydrogen) atoms. The molecule has 3 aliphatic carbocycles. The van der Waals surface area contributed by atoms with Crippen LogP contribution < -0.4 is 0 Å². The van der Waals surface area contributed by atoms with E-state index in [1.54, 1.807) is 20.8 Å². The van der Waals surface area contributed by atoms with Crippen LogP contribution in [0.1, 0.15) is 148 Å². The van der Waals surface area contributed by atoms with Crippen molar-refractivity contribution in [3.8, 4) is 6.07 Å². The van der Waals surface area contributed by atoms with Crippen molar-refractivity contribution in [3.63, 3.8) is 0 Å². The van der Waals surface area contributed by atoms with Gasteiger partial charge < -0.3 is 18.9 Å². The molecule has 4 fully saturated rings. The van der Waals surface area contributed by atoms with Gasteiger partial charge in [-0.1, -0.05) is 41.5 Å². The number of fused-ring (bicyclic) bond motifs is 1. The second kappa shape index (κ2) is 16.7. The van der Waals surface area contributed by atoms with Gasteiger partial charge >= 0.3 is 30.1 Å². The molecule has 2 bridgehead atoms. The average molecular weight is 744 g/mol. The predicted octanol–water partition coefficient (Wildman–Crippen LogP) is 9.30. The molecule has 6 atom stereocenters. The summed E-state index contributed by atoms with van der Waals surface area (Å²) in [5.74, 6) is -0.769. The second-order valence-electron chi connectivity index (χ2n) is 18.2. The molecular weight excluding hydrogens is 679 g/mol. The van der Waals surface area contributed by atoms with Gasteiger partial charge in [-0.15, -0.1) is 0 Å². The lowest BCUT2D eigenvalue weighted by atomic mass is 9.72. The fraction of sp³-hybridized carbons (Fsp3) is 0.875. The molecule has 0 N–H and O–H groups in total. The van der Waals surface area contributed by atoms with E-state index in [0.717, 1.165) is 38.5 Å². The topological polar surface area (TPSA) is 129 Å². The highest BCUT2D eigenvalue weighted by Crippen LogP contribution is 2.62. The van der Waals surface area contributed by atoms with Crippen LogP contribution in [0.4, 0.5) is 13.2 Å². The molecule has 4 rings (SSSR count). The van der Waals surface area contributed by atoms with Crippen molar-refractivity contribution in [2.45, 2.75) is 178 Å². The Hall–Kier alpha value is -2.84. The molecule has 1 aliphatic heterocycles. The fourth-order valence-electron chi connectivity index (χ4n) is 6.75. The number of alkyl halides is 3. The third-order valence-electron chi connectivity index (χ3n) is 12.2. The minimum absolute atomic E-state index is 0.0239. The molecule has 0 radical (unpaired) electrons. The molecule has 9 nitrogen and oxygen atoms in total. The van der Waals surface area contributed by atoms with Gasteiger partial charge in [0.1, 0.15) is 18.3 Å². The molecule has 0 spiro atoms. The number of hydrogen-bond acceptors (Lipinski definition) is 9. The summed E-state index contributed by atoms with van der Waals surface area (Å²) in [6.45, 7) is 24.2. The first-order valence-corrected chi connectivity index (χ1v) is 19.0. The van der Waals surface area contributed by atoms with Crippen LogP contribution in [0.3, 0.4) is 0 Å². The minimum atomic E-state index is -4.49. The maximum Gasteiger partial charge on any atom is 0.425 e. The molecule has 3 saturated carbocycles. The van der Waals surface area contributed by atoms with Gasteiger partial charge in [0.15, 0.2) is 11.5 Å². The zero-order valence-electron chi connectivity index (χ0n) is 33.8. The third kappa shape index (κ3) is 10.4. The van der Waals surface area contributed by atoms with E-state index in [4.69, 9.17) is 14.2 Å². The van der Waals surface area contributed by atoms with E-state index in [-0.39, 0.29) is 41.4 Å². The van der Waals surface area contributed by atoms with Crippen molar-refractivity contribution in [1.82, 2.24) is 0 Å². The van der Waals surface area contributed by atoms with E-state index in [1.807, 2.05) is 41.5 Å². The molecule has 1 saturated heterocycles. The van der Waals surface area contributed by atoms with Crippen LogP contribution in [0, 0.1) is 56.2 Å². The monoisotopic (exact) mass is 743 g/mol. The Morgan fingerprint density at radius 1 is 0.827 bits per heavy atom. The number of halogens is 3. The lowest BCUT2D eigenvalue weighted by Crippen LogP contribution is -2.42. The van der Waals surface area contributed by atoms with Gasteiger partial charge in [-0.05, 0) is 118 Å².